The van der Waals surface area contributed by atoms with Crippen LogP contribution in [0.3, 0.4) is 0 Å². The van der Waals surface area contributed by atoms with Gasteiger partial charge in [-0.1, -0.05) is 19.3 Å². The van der Waals surface area contributed by atoms with E-state index in [4.69, 9.17) is 0 Å². The van der Waals surface area contributed by atoms with E-state index in [1.807, 2.05) is 0 Å². The second kappa shape index (κ2) is 5.50. The maximum atomic E-state index is 11.8. The first-order valence-electron chi connectivity index (χ1n) is 6.59. The third kappa shape index (κ3) is 3.74. The van der Waals surface area contributed by atoms with E-state index in [0.717, 1.165) is 12.8 Å². The number of hydrogen-bond donors (Lipinski definition) is 1. The third-order valence-corrected chi connectivity index (χ3v) is 5.72. The molecule has 94 valence electrons. The van der Waals surface area contributed by atoms with Gasteiger partial charge in [0.15, 0.2) is 9.84 Å². The lowest BCUT2D eigenvalue weighted by atomic mass is 9.87. The van der Waals surface area contributed by atoms with Crippen LogP contribution in [-0.4, -0.2) is 32.5 Å². The van der Waals surface area contributed by atoms with E-state index >= 15 is 0 Å². The maximum absolute atomic E-state index is 11.8. The summed E-state index contributed by atoms with van der Waals surface area (Å²) in [7, 11) is -2.80. The molecule has 0 aliphatic heterocycles. The molecule has 2 saturated carbocycles. The van der Waals surface area contributed by atoms with Crippen molar-refractivity contribution in [3.63, 3.8) is 0 Å². The number of hydrogen-bond acceptors (Lipinski definition) is 3. The summed E-state index contributed by atoms with van der Waals surface area (Å²) >= 11 is 0. The van der Waals surface area contributed by atoms with Crippen LogP contribution in [-0.2, 0) is 9.84 Å². The minimum absolute atomic E-state index is 0.333. The van der Waals surface area contributed by atoms with Crippen LogP contribution >= 0.6 is 0 Å². The van der Waals surface area contributed by atoms with Crippen molar-refractivity contribution in [3.05, 3.63) is 0 Å². The molecule has 0 heterocycles. The number of sulfone groups is 1. The Labute approximate surface area is 98.9 Å². The van der Waals surface area contributed by atoms with E-state index in [-0.39, 0.29) is 0 Å². The molecule has 0 bridgehead atoms. The van der Waals surface area contributed by atoms with Gasteiger partial charge in [0.05, 0.1) is 11.5 Å². The molecule has 0 saturated heterocycles. The van der Waals surface area contributed by atoms with E-state index in [1.165, 1.54) is 32.1 Å². The van der Waals surface area contributed by atoms with Gasteiger partial charge < -0.3 is 5.32 Å². The quantitative estimate of drug-likeness (QED) is 0.775. The van der Waals surface area contributed by atoms with Gasteiger partial charge in [-0.25, -0.2) is 8.42 Å². The zero-order valence-electron chi connectivity index (χ0n) is 9.95. The lowest BCUT2D eigenvalue weighted by Crippen LogP contribution is -2.33. The van der Waals surface area contributed by atoms with Crippen molar-refractivity contribution in [1.82, 2.24) is 5.32 Å². The Kier molecular flexibility index (Phi) is 4.25. The van der Waals surface area contributed by atoms with Crippen LogP contribution in [0.4, 0.5) is 0 Å². The lowest BCUT2D eigenvalue weighted by Gasteiger charge is -2.25. The zero-order valence-corrected chi connectivity index (χ0v) is 10.8. The van der Waals surface area contributed by atoms with Gasteiger partial charge in [-0.3, -0.25) is 0 Å². The molecule has 16 heavy (non-hydrogen) atoms. The molecule has 0 unspecified atom stereocenters. The largest absolute Gasteiger partial charge is 0.313 e. The molecule has 2 aliphatic rings. The van der Waals surface area contributed by atoms with E-state index < -0.39 is 9.84 Å². The predicted octanol–water partition coefficient (Wildman–Crippen LogP) is 1.73. The highest BCUT2D eigenvalue weighted by atomic mass is 32.2. The average molecular weight is 245 g/mol. The average Bonchev–Trinajstić information content (AvgIpc) is 2.64. The number of rotatable bonds is 6. The van der Waals surface area contributed by atoms with Crippen molar-refractivity contribution in [3.8, 4) is 0 Å². The molecular formula is C12H23NO2S. The zero-order chi connectivity index (χ0) is 11.4. The Morgan fingerprint density at radius 1 is 1.00 bits per heavy atom. The fourth-order valence-electron chi connectivity index (χ4n) is 2.65. The van der Waals surface area contributed by atoms with Gasteiger partial charge in [0, 0.05) is 12.6 Å². The second-order valence-electron chi connectivity index (χ2n) is 5.35. The summed E-state index contributed by atoms with van der Waals surface area (Å²) in [4.78, 5) is 0. The Balaban J connectivity index is 1.63. The van der Waals surface area contributed by atoms with E-state index in [1.54, 1.807) is 0 Å². The van der Waals surface area contributed by atoms with Gasteiger partial charge in [-0.2, -0.15) is 0 Å². The molecule has 2 fully saturated rings. The smallest absolute Gasteiger partial charge is 0.151 e. The molecule has 3 nitrogen and oxygen atoms in total. The summed E-state index contributed by atoms with van der Waals surface area (Å²) in [5.41, 5.74) is 0. The summed E-state index contributed by atoms with van der Waals surface area (Å²) in [5.74, 6) is 1.23. The summed E-state index contributed by atoms with van der Waals surface area (Å²) in [6.45, 7) is 0.653. The predicted molar refractivity (Wildman–Crippen MR) is 66.3 cm³/mol. The minimum Gasteiger partial charge on any atom is -0.313 e. The fraction of sp³-hybridized carbons (Fsp3) is 1.00. The van der Waals surface area contributed by atoms with Crippen molar-refractivity contribution in [2.24, 2.45) is 5.92 Å². The summed E-state index contributed by atoms with van der Waals surface area (Å²) in [5, 5.41) is 3.37. The fourth-order valence-corrected chi connectivity index (χ4v) is 4.30. The standard InChI is InChI=1S/C12H23NO2S/c14-16(15,10-11-4-3-5-11)9-8-13-12-6-1-2-7-12/h11-13H,1-10H2. The SMILES string of the molecule is O=S(=O)(CCNC1CCCC1)CC1CCC1. The third-order valence-electron chi connectivity index (χ3n) is 3.92. The highest BCUT2D eigenvalue weighted by Crippen LogP contribution is 2.27. The van der Waals surface area contributed by atoms with E-state index in [0.29, 0.717) is 30.0 Å². The van der Waals surface area contributed by atoms with Crippen LogP contribution in [0.25, 0.3) is 0 Å². The van der Waals surface area contributed by atoms with Crippen LogP contribution in [0.2, 0.25) is 0 Å². The maximum Gasteiger partial charge on any atom is 0.151 e. The monoisotopic (exact) mass is 245 g/mol. The molecule has 1 N–H and O–H groups in total. The molecule has 0 atom stereocenters. The van der Waals surface area contributed by atoms with E-state index in [9.17, 15) is 8.42 Å². The van der Waals surface area contributed by atoms with Gasteiger partial charge >= 0.3 is 0 Å². The van der Waals surface area contributed by atoms with Crippen molar-refractivity contribution in [2.75, 3.05) is 18.1 Å². The second-order valence-corrected chi connectivity index (χ2v) is 7.58. The molecule has 0 aromatic rings. The molecule has 0 radical (unpaired) electrons. The van der Waals surface area contributed by atoms with Crippen molar-refractivity contribution >= 4 is 9.84 Å². The van der Waals surface area contributed by atoms with Crippen LogP contribution < -0.4 is 5.32 Å². The van der Waals surface area contributed by atoms with Gasteiger partial charge in [0.1, 0.15) is 0 Å². The topological polar surface area (TPSA) is 46.2 Å². The summed E-state index contributed by atoms with van der Waals surface area (Å²) in [6.07, 6.45) is 8.51. The van der Waals surface area contributed by atoms with E-state index in [2.05, 4.69) is 5.32 Å². The lowest BCUT2D eigenvalue weighted by molar-refractivity contribution is 0.347. The van der Waals surface area contributed by atoms with Gasteiger partial charge in [0.25, 0.3) is 0 Å². The normalized spacial score (nSPS) is 23.5. The molecule has 0 amide bonds. The first-order chi connectivity index (χ1) is 7.66. The van der Waals surface area contributed by atoms with Gasteiger partial charge in [-0.15, -0.1) is 0 Å². The van der Waals surface area contributed by atoms with Crippen LogP contribution in [0.1, 0.15) is 44.9 Å². The Hall–Kier alpha value is -0.0900. The highest BCUT2D eigenvalue weighted by molar-refractivity contribution is 7.91. The van der Waals surface area contributed by atoms with Gasteiger partial charge in [-0.05, 0) is 31.6 Å². The summed E-state index contributed by atoms with van der Waals surface area (Å²) < 4.78 is 23.5. The van der Waals surface area contributed by atoms with Crippen molar-refractivity contribution in [2.45, 2.75) is 51.0 Å². The summed E-state index contributed by atoms with van der Waals surface area (Å²) in [6, 6.07) is 0.582. The Morgan fingerprint density at radius 2 is 1.69 bits per heavy atom. The molecule has 4 heteroatoms. The highest BCUT2D eigenvalue weighted by Gasteiger charge is 2.24. The molecule has 0 aromatic heterocycles. The Bertz CT molecular complexity index is 303. The van der Waals surface area contributed by atoms with Crippen LogP contribution in [0.15, 0.2) is 0 Å². The van der Waals surface area contributed by atoms with Crippen molar-refractivity contribution < 1.29 is 8.42 Å². The first-order valence-corrected chi connectivity index (χ1v) is 8.42. The van der Waals surface area contributed by atoms with Crippen molar-refractivity contribution in [1.29, 1.82) is 0 Å². The van der Waals surface area contributed by atoms with Gasteiger partial charge in [0.2, 0.25) is 0 Å². The molecular weight excluding hydrogens is 222 g/mol. The minimum atomic E-state index is -2.80. The molecule has 2 rings (SSSR count). The molecule has 2 aliphatic carbocycles. The molecule has 0 spiro atoms. The van der Waals surface area contributed by atoms with Crippen LogP contribution in [0.5, 0.6) is 0 Å². The molecule has 0 aromatic carbocycles. The Morgan fingerprint density at radius 3 is 2.25 bits per heavy atom. The number of nitrogens with one attached hydrogen (secondary N) is 1. The van der Waals surface area contributed by atoms with Crippen LogP contribution in [0, 0.1) is 5.92 Å². The first kappa shape index (κ1) is 12.4.